The molecule has 9 nitrogen and oxygen atoms in total. The molecular formula is C19H19ClF2N4O5S. The molecule has 0 aliphatic carbocycles. The average Bonchev–Trinajstić information content (AvgIpc) is 3.19. The molecule has 1 aromatic heterocycles. The maximum absolute atomic E-state index is 12.9. The van der Waals surface area contributed by atoms with Crippen LogP contribution in [0.3, 0.4) is 0 Å². The van der Waals surface area contributed by atoms with Gasteiger partial charge in [0, 0.05) is 24.8 Å². The van der Waals surface area contributed by atoms with E-state index in [-0.39, 0.29) is 37.0 Å². The van der Waals surface area contributed by atoms with Gasteiger partial charge in [-0.2, -0.15) is 8.78 Å². The van der Waals surface area contributed by atoms with Crippen molar-refractivity contribution >= 4 is 52.0 Å². The molecule has 13 heteroatoms. The number of amides is 3. The second kappa shape index (κ2) is 10.7. The number of anilines is 2. The second-order valence-electron chi connectivity index (χ2n) is 6.57. The Bertz CT molecular complexity index is 1010. The third kappa shape index (κ3) is 6.13. The Hall–Kier alpha value is -2.80. The van der Waals surface area contributed by atoms with Crippen LogP contribution in [0.1, 0.15) is 9.67 Å². The molecule has 0 spiro atoms. The molecule has 1 aromatic carbocycles. The zero-order valence-corrected chi connectivity index (χ0v) is 18.1. The van der Waals surface area contributed by atoms with Gasteiger partial charge in [0.2, 0.25) is 5.91 Å². The number of nitrogens with two attached hydrogens (primary N) is 1. The van der Waals surface area contributed by atoms with Crippen LogP contribution in [-0.2, 0) is 14.3 Å². The fourth-order valence-corrected chi connectivity index (χ4v) is 3.77. The van der Waals surface area contributed by atoms with Crippen molar-refractivity contribution in [1.82, 2.24) is 5.32 Å². The van der Waals surface area contributed by atoms with Crippen LogP contribution in [0.5, 0.6) is 5.75 Å². The molecule has 3 rings (SSSR count). The van der Waals surface area contributed by atoms with Crippen molar-refractivity contribution in [2.75, 3.05) is 36.5 Å². The predicted molar refractivity (Wildman–Crippen MR) is 115 cm³/mol. The number of carbonyl (C=O) groups is 3. The minimum Gasteiger partial charge on any atom is -0.433 e. The van der Waals surface area contributed by atoms with Crippen LogP contribution in [0, 0.1) is 0 Å². The Morgan fingerprint density at radius 3 is 2.75 bits per heavy atom. The number of carbonyl (C=O) groups excluding carboxylic acids is 3. The molecule has 172 valence electrons. The lowest BCUT2D eigenvalue weighted by atomic mass is 10.2. The third-order valence-electron chi connectivity index (χ3n) is 4.35. The van der Waals surface area contributed by atoms with Crippen LogP contribution in [-0.4, -0.2) is 56.7 Å². The van der Waals surface area contributed by atoms with Crippen molar-refractivity contribution in [3.05, 3.63) is 39.5 Å². The van der Waals surface area contributed by atoms with Crippen molar-refractivity contribution in [2.45, 2.75) is 12.7 Å². The average molecular weight is 489 g/mol. The third-order valence-corrected chi connectivity index (χ3v) is 5.58. The number of rotatable bonds is 8. The summed E-state index contributed by atoms with van der Waals surface area (Å²) < 4.78 is 35.8. The topological polar surface area (TPSA) is 123 Å². The summed E-state index contributed by atoms with van der Waals surface area (Å²) >= 11 is 6.85. The molecule has 1 aliphatic rings. The summed E-state index contributed by atoms with van der Waals surface area (Å²) in [4.78, 5) is 38.2. The van der Waals surface area contributed by atoms with Crippen LogP contribution in [0.15, 0.2) is 30.3 Å². The maximum Gasteiger partial charge on any atom is 0.387 e. The number of ether oxygens (including phenoxy) is 2. The van der Waals surface area contributed by atoms with Crippen LogP contribution in [0.2, 0.25) is 4.34 Å². The molecule has 0 unspecified atom stereocenters. The van der Waals surface area contributed by atoms with E-state index >= 15 is 0 Å². The molecule has 3 amide bonds. The molecule has 1 aliphatic heterocycles. The van der Waals surface area contributed by atoms with Crippen LogP contribution < -0.4 is 26.0 Å². The number of nitrogens with one attached hydrogen (secondary N) is 2. The Balaban J connectivity index is 1.66. The van der Waals surface area contributed by atoms with E-state index in [1.54, 1.807) is 6.07 Å². The predicted octanol–water partition coefficient (Wildman–Crippen LogP) is 2.06. The van der Waals surface area contributed by atoms with Gasteiger partial charge in [-0.15, -0.1) is 11.3 Å². The summed E-state index contributed by atoms with van der Waals surface area (Å²) in [5.41, 5.74) is 6.06. The van der Waals surface area contributed by atoms with Crippen molar-refractivity contribution in [1.29, 1.82) is 0 Å². The van der Waals surface area contributed by atoms with Crippen LogP contribution in [0.4, 0.5) is 20.2 Å². The van der Waals surface area contributed by atoms with E-state index in [4.69, 9.17) is 22.1 Å². The summed E-state index contributed by atoms with van der Waals surface area (Å²) in [5, 5.41) is 4.91. The highest BCUT2D eigenvalue weighted by molar-refractivity contribution is 7.18. The van der Waals surface area contributed by atoms with E-state index in [9.17, 15) is 23.2 Å². The fourth-order valence-electron chi connectivity index (χ4n) is 2.81. The lowest BCUT2D eigenvalue weighted by molar-refractivity contribution is -0.125. The number of halogens is 3. The molecule has 4 N–H and O–H groups in total. The lowest BCUT2D eigenvalue weighted by Gasteiger charge is -2.27. The zero-order valence-electron chi connectivity index (χ0n) is 16.5. The minimum absolute atomic E-state index is 0.0634. The maximum atomic E-state index is 12.9. The largest absolute Gasteiger partial charge is 0.433 e. The summed E-state index contributed by atoms with van der Waals surface area (Å²) in [5.74, 6) is -1.86. The summed E-state index contributed by atoms with van der Waals surface area (Å²) in [7, 11) is 0. The highest BCUT2D eigenvalue weighted by atomic mass is 35.5. The van der Waals surface area contributed by atoms with Gasteiger partial charge in [0.1, 0.15) is 12.6 Å². The zero-order chi connectivity index (χ0) is 23.3. The number of alkyl halides is 2. The van der Waals surface area contributed by atoms with E-state index in [1.165, 1.54) is 29.2 Å². The van der Waals surface area contributed by atoms with Gasteiger partial charge in [-0.25, -0.2) is 0 Å². The van der Waals surface area contributed by atoms with Crippen LogP contribution in [0.25, 0.3) is 0 Å². The van der Waals surface area contributed by atoms with Gasteiger partial charge in [0.05, 0.1) is 21.5 Å². The van der Waals surface area contributed by atoms with E-state index in [2.05, 4.69) is 15.4 Å². The highest BCUT2D eigenvalue weighted by Gasteiger charge is 2.23. The number of hydrogen-bond donors (Lipinski definition) is 3. The molecule has 1 fully saturated rings. The Labute approximate surface area is 190 Å². The number of hydrogen-bond acceptors (Lipinski definition) is 7. The van der Waals surface area contributed by atoms with E-state index < -0.39 is 24.5 Å². The Morgan fingerprint density at radius 1 is 1.31 bits per heavy atom. The van der Waals surface area contributed by atoms with Crippen molar-refractivity contribution in [3.8, 4) is 5.75 Å². The summed E-state index contributed by atoms with van der Waals surface area (Å²) in [6.07, 6.45) is 0. The van der Waals surface area contributed by atoms with Crippen LogP contribution >= 0.6 is 22.9 Å². The van der Waals surface area contributed by atoms with Gasteiger partial charge >= 0.3 is 6.61 Å². The fraction of sp³-hybridized carbons (Fsp3) is 0.316. The SMILES string of the molecule is N[C@H](CNC(=O)c1ccc(Cl)s1)C(=O)Nc1ccc(N2CCOCC2=O)cc1OC(F)F. The van der Waals surface area contributed by atoms with E-state index in [0.29, 0.717) is 21.5 Å². The number of thiophene rings is 1. The van der Waals surface area contributed by atoms with Gasteiger partial charge in [0.25, 0.3) is 11.8 Å². The molecule has 1 atom stereocenters. The lowest BCUT2D eigenvalue weighted by Crippen LogP contribution is -2.45. The summed E-state index contributed by atoms with van der Waals surface area (Å²) in [6.45, 7) is -2.94. The second-order valence-corrected chi connectivity index (χ2v) is 8.28. The van der Waals surface area contributed by atoms with Crippen molar-refractivity contribution < 1.29 is 32.6 Å². The number of benzene rings is 1. The molecule has 1 saturated heterocycles. The van der Waals surface area contributed by atoms with Gasteiger partial charge in [-0.1, -0.05) is 11.6 Å². The number of nitrogens with zero attached hydrogens (tertiary/aromatic N) is 1. The first kappa shape index (κ1) is 23.9. The quantitative estimate of drug-likeness (QED) is 0.522. The van der Waals surface area contributed by atoms with Crippen molar-refractivity contribution in [2.24, 2.45) is 5.73 Å². The molecule has 2 heterocycles. The normalized spacial score (nSPS) is 14.9. The number of morpholine rings is 1. The molecular weight excluding hydrogens is 470 g/mol. The highest BCUT2D eigenvalue weighted by Crippen LogP contribution is 2.32. The molecule has 32 heavy (non-hydrogen) atoms. The first-order chi connectivity index (χ1) is 15.2. The van der Waals surface area contributed by atoms with Gasteiger partial charge < -0.3 is 30.7 Å². The smallest absolute Gasteiger partial charge is 0.387 e. The monoisotopic (exact) mass is 488 g/mol. The Morgan fingerprint density at radius 2 is 2.09 bits per heavy atom. The van der Waals surface area contributed by atoms with Gasteiger partial charge in [-0.05, 0) is 24.3 Å². The molecule has 0 saturated carbocycles. The molecule has 2 aromatic rings. The van der Waals surface area contributed by atoms with E-state index in [1.807, 2.05) is 0 Å². The van der Waals surface area contributed by atoms with E-state index in [0.717, 1.165) is 11.3 Å². The van der Waals surface area contributed by atoms with Gasteiger partial charge in [0.15, 0.2) is 5.75 Å². The minimum atomic E-state index is -3.16. The molecule has 0 bridgehead atoms. The first-order valence-corrected chi connectivity index (χ1v) is 10.5. The van der Waals surface area contributed by atoms with Crippen molar-refractivity contribution in [3.63, 3.8) is 0 Å². The standard InChI is InChI=1S/C19H19ClF2N4O5S/c20-15-4-3-14(32-15)18(29)24-8-11(23)17(28)25-12-2-1-10(7-13(12)31-19(21)22)26-5-6-30-9-16(26)27/h1-4,7,11,19H,5-6,8-9,23H2,(H,24,29)(H,25,28)/t11-/m1/s1. The summed E-state index contributed by atoms with van der Waals surface area (Å²) in [6, 6.07) is 5.94. The van der Waals surface area contributed by atoms with Gasteiger partial charge in [-0.3, -0.25) is 14.4 Å². The Kier molecular flexibility index (Phi) is 7.96. The molecule has 0 radical (unpaired) electrons. The first-order valence-electron chi connectivity index (χ1n) is 9.31.